The van der Waals surface area contributed by atoms with Gasteiger partial charge in [0.15, 0.2) is 0 Å². The molecule has 5 atom stereocenters. The highest BCUT2D eigenvalue weighted by Gasteiger charge is 2.31. The lowest BCUT2D eigenvalue weighted by molar-refractivity contribution is 0.109. The smallest absolute Gasteiger partial charge is 0.0122 e. The van der Waals surface area contributed by atoms with Gasteiger partial charge in [0.05, 0.1) is 0 Å². The number of nitrogens with zero attached hydrogens (tertiary/aromatic N) is 1. The maximum atomic E-state index is 4.02. The van der Waals surface area contributed by atoms with Gasteiger partial charge in [0, 0.05) is 24.7 Å². The van der Waals surface area contributed by atoms with Crippen molar-refractivity contribution in [3.63, 3.8) is 0 Å². The second-order valence-corrected chi connectivity index (χ2v) is 7.00. The standard InChI is InChI=1S/C16H32N2/c1-12-8-6-5-7-9-15(12)17-16-10-14(3)18(4)11-13(16)2/h12-17H,5-11H2,1-4H3. The molecule has 2 fully saturated rings. The molecule has 5 unspecified atom stereocenters. The maximum absolute atomic E-state index is 4.02. The van der Waals surface area contributed by atoms with Crippen LogP contribution in [0.5, 0.6) is 0 Å². The first-order valence-electron chi connectivity index (χ1n) is 8.04. The highest BCUT2D eigenvalue weighted by atomic mass is 15.2. The van der Waals surface area contributed by atoms with E-state index in [0.29, 0.717) is 0 Å². The molecule has 2 aliphatic rings. The van der Waals surface area contributed by atoms with Crippen LogP contribution in [0.25, 0.3) is 0 Å². The van der Waals surface area contributed by atoms with E-state index in [0.717, 1.165) is 30.0 Å². The molecule has 1 aliphatic carbocycles. The van der Waals surface area contributed by atoms with Gasteiger partial charge in [0.25, 0.3) is 0 Å². The van der Waals surface area contributed by atoms with Crippen LogP contribution in [0.2, 0.25) is 0 Å². The van der Waals surface area contributed by atoms with Crippen molar-refractivity contribution in [1.82, 2.24) is 10.2 Å². The SMILES string of the molecule is CC1CCCCCC1NC1CC(C)N(C)CC1C. The van der Waals surface area contributed by atoms with Gasteiger partial charge in [-0.3, -0.25) is 0 Å². The molecule has 1 heterocycles. The fourth-order valence-corrected chi connectivity index (χ4v) is 3.79. The van der Waals surface area contributed by atoms with Gasteiger partial charge >= 0.3 is 0 Å². The zero-order valence-corrected chi connectivity index (χ0v) is 12.8. The summed E-state index contributed by atoms with van der Waals surface area (Å²) >= 11 is 0. The van der Waals surface area contributed by atoms with E-state index in [9.17, 15) is 0 Å². The van der Waals surface area contributed by atoms with Crippen molar-refractivity contribution < 1.29 is 0 Å². The highest BCUT2D eigenvalue weighted by molar-refractivity contribution is 4.89. The van der Waals surface area contributed by atoms with E-state index in [1.54, 1.807) is 0 Å². The van der Waals surface area contributed by atoms with Crippen molar-refractivity contribution in [3.05, 3.63) is 0 Å². The van der Waals surface area contributed by atoms with E-state index < -0.39 is 0 Å². The van der Waals surface area contributed by atoms with Crippen LogP contribution in [0.4, 0.5) is 0 Å². The van der Waals surface area contributed by atoms with Gasteiger partial charge in [-0.1, -0.05) is 33.1 Å². The summed E-state index contributed by atoms with van der Waals surface area (Å²) in [7, 11) is 2.27. The summed E-state index contributed by atoms with van der Waals surface area (Å²) in [6.07, 6.45) is 8.46. The Morgan fingerprint density at radius 3 is 2.39 bits per heavy atom. The van der Waals surface area contributed by atoms with Crippen LogP contribution in [0.1, 0.15) is 59.3 Å². The number of likely N-dealkylation sites (tertiary alicyclic amines) is 1. The van der Waals surface area contributed by atoms with E-state index in [-0.39, 0.29) is 0 Å². The van der Waals surface area contributed by atoms with E-state index in [1.807, 2.05) is 0 Å². The summed E-state index contributed by atoms with van der Waals surface area (Å²) < 4.78 is 0. The molecular formula is C16H32N2. The number of nitrogens with one attached hydrogen (secondary N) is 1. The van der Waals surface area contributed by atoms with Crippen LogP contribution < -0.4 is 5.32 Å². The minimum absolute atomic E-state index is 0.736. The van der Waals surface area contributed by atoms with Crippen molar-refractivity contribution in [2.24, 2.45) is 11.8 Å². The van der Waals surface area contributed by atoms with Crippen LogP contribution in [0, 0.1) is 11.8 Å². The molecule has 1 saturated carbocycles. The lowest BCUT2D eigenvalue weighted by atomic mass is 9.87. The van der Waals surface area contributed by atoms with Gasteiger partial charge < -0.3 is 10.2 Å². The molecule has 2 nitrogen and oxygen atoms in total. The number of hydrogen-bond donors (Lipinski definition) is 1. The van der Waals surface area contributed by atoms with Gasteiger partial charge in [-0.2, -0.15) is 0 Å². The quantitative estimate of drug-likeness (QED) is 0.759. The Kier molecular flexibility index (Phi) is 5.08. The minimum Gasteiger partial charge on any atom is -0.311 e. The van der Waals surface area contributed by atoms with E-state index in [4.69, 9.17) is 0 Å². The predicted octanol–water partition coefficient (Wildman–Crippen LogP) is 3.27. The number of hydrogen-bond acceptors (Lipinski definition) is 2. The molecule has 2 rings (SSSR count). The zero-order valence-electron chi connectivity index (χ0n) is 12.8. The second kappa shape index (κ2) is 6.38. The molecule has 1 saturated heterocycles. The fourth-order valence-electron chi connectivity index (χ4n) is 3.79. The maximum Gasteiger partial charge on any atom is 0.0122 e. The van der Waals surface area contributed by atoms with Crippen LogP contribution in [-0.4, -0.2) is 36.6 Å². The van der Waals surface area contributed by atoms with Crippen LogP contribution in [0.15, 0.2) is 0 Å². The largest absolute Gasteiger partial charge is 0.311 e. The molecule has 18 heavy (non-hydrogen) atoms. The summed E-state index contributed by atoms with van der Waals surface area (Å²) in [6, 6.07) is 2.25. The third-order valence-corrected chi connectivity index (χ3v) is 5.40. The number of piperidine rings is 1. The van der Waals surface area contributed by atoms with Gasteiger partial charge in [-0.15, -0.1) is 0 Å². The summed E-state index contributed by atoms with van der Waals surface area (Å²) in [5.41, 5.74) is 0. The predicted molar refractivity (Wildman–Crippen MR) is 78.8 cm³/mol. The first-order valence-corrected chi connectivity index (χ1v) is 8.04. The van der Waals surface area contributed by atoms with Crippen molar-refractivity contribution in [2.75, 3.05) is 13.6 Å². The Labute approximate surface area is 114 Å². The summed E-state index contributed by atoms with van der Waals surface area (Å²) in [5, 5.41) is 4.02. The number of rotatable bonds is 2. The van der Waals surface area contributed by atoms with Crippen molar-refractivity contribution in [3.8, 4) is 0 Å². The van der Waals surface area contributed by atoms with Crippen molar-refractivity contribution >= 4 is 0 Å². The molecule has 1 aliphatic heterocycles. The average molecular weight is 252 g/mol. The minimum atomic E-state index is 0.736. The zero-order chi connectivity index (χ0) is 13.1. The van der Waals surface area contributed by atoms with Crippen molar-refractivity contribution in [2.45, 2.75) is 77.4 Å². The topological polar surface area (TPSA) is 15.3 Å². The van der Waals surface area contributed by atoms with Crippen LogP contribution in [0.3, 0.4) is 0 Å². The third-order valence-electron chi connectivity index (χ3n) is 5.40. The Morgan fingerprint density at radius 2 is 1.61 bits per heavy atom. The average Bonchev–Trinajstić information content (AvgIpc) is 2.52. The lowest BCUT2D eigenvalue weighted by Crippen LogP contribution is -2.54. The molecule has 1 N–H and O–H groups in total. The Bertz CT molecular complexity index is 253. The molecule has 0 bridgehead atoms. The first kappa shape index (κ1) is 14.3. The van der Waals surface area contributed by atoms with Crippen molar-refractivity contribution in [1.29, 1.82) is 0 Å². The van der Waals surface area contributed by atoms with E-state index in [1.165, 1.54) is 45.1 Å². The Balaban J connectivity index is 1.90. The van der Waals surface area contributed by atoms with Gasteiger partial charge in [-0.05, 0) is 45.1 Å². The molecular weight excluding hydrogens is 220 g/mol. The lowest BCUT2D eigenvalue weighted by Gasteiger charge is -2.42. The molecule has 0 aromatic rings. The molecule has 0 radical (unpaired) electrons. The summed E-state index contributed by atoms with van der Waals surface area (Å²) in [5.74, 6) is 1.66. The normalized spacial score (nSPS) is 43.7. The fraction of sp³-hybridized carbons (Fsp3) is 1.00. The Hall–Kier alpha value is -0.0800. The second-order valence-electron chi connectivity index (χ2n) is 7.00. The van der Waals surface area contributed by atoms with Gasteiger partial charge in [-0.25, -0.2) is 0 Å². The monoisotopic (exact) mass is 252 g/mol. The summed E-state index contributed by atoms with van der Waals surface area (Å²) in [6.45, 7) is 8.49. The van der Waals surface area contributed by atoms with E-state index >= 15 is 0 Å². The molecule has 0 spiro atoms. The molecule has 0 aromatic heterocycles. The summed E-state index contributed by atoms with van der Waals surface area (Å²) in [4.78, 5) is 2.51. The molecule has 0 amide bonds. The van der Waals surface area contributed by atoms with E-state index in [2.05, 4.69) is 38.0 Å². The third kappa shape index (κ3) is 3.48. The van der Waals surface area contributed by atoms with Gasteiger partial charge in [0.2, 0.25) is 0 Å². The highest BCUT2D eigenvalue weighted by Crippen LogP contribution is 2.27. The molecule has 2 heteroatoms. The molecule has 0 aromatic carbocycles. The first-order chi connectivity index (χ1) is 8.58. The van der Waals surface area contributed by atoms with Crippen LogP contribution in [-0.2, 0) is 0 Å². The van der Waals surface area contributed by atoms with Crippen LogP contribution >= 0.6 is 0 Å². The van der Waals surface area contributed by atoms with Gasteiger partial charge in [0.1, 0.15) is 0 Å². The molecule has 106 valence electrons. The Morgan fingerprint density at radius 1 is 0.889 bits per heavy atom.